The fraction of sp³-hybridized carbons (Fsp3) is 0.444. The first-order valence-electron chi connectivity index (χ1n) is 8.55. The monoisotopic (exact) mass is 326 g/mol. The molecule has 6 nitrogen and oxygen atoms in total. The number of phenols is 1. The number of imidazole rings is 1. The quantitative estimate of drug-likeness (QED) is 0.879. The number of aromatic amines is 1. The number of amides is 1. The van der Waals surface area contributed by atoms with Gasteiger partial charge in [0.15, 0.2) is 0 Å². The summed E-state index contributed by atoms with van der Waals surface area (Å²) in [5.74, 6) is 0.623. The third-order valence-corrected chi connectivity index (χ3v) is 5.15. The van der Waals surface area contributed by atoms with Crippen LogP contribution in [0.15, 0.2) is 30.6 Å². The normalized spacial score (nSPS) is 20.8. The molecule has 1 saturated heterocycles. The number of para-hydroxylation sites is 2. The van der Waals surface area contributed by atoms with Crippen molar-refractivity contribution < 1.29 is 9.90 Å². The van der Waals surface area contributed by atoms with E-state index < -0.39 is 0 Å². The minimum Gasteiger partial charge on any atom is -0.506 e. The maximum Gasteiger partial charge on any atom is 0.226 e. The summed E-state index contributed by atoms with van der Waals surface area (Å²) >= 11 is 0. The largest absolute Gasteiger partial charge is 0.506 e. The molecule has 0 bridgehead atoms. The average molecular weight is 326 g/mol. The summed E-state index contributed by atoms with van der Waals surface area (Å²) in [6.07, 6.45) is 4.26. The smallest absolute Gasteiger partial charge is 0.226 e. The summed E-state index contributed by atoms with van der Waals surface area (Å²) < 4.78 is 0. The van der Waals surface area contributed by atoms with Crippen LogP contribution in [0, 0.1) is 5.92 Å². The number of phenolic OH excluding ortho intramolecular Hbond substituents is 1. The zero-order chi connectivity index (χ0) is 16.5. The summed E-state index contributed by atoms with van der Waals surface area (Å²) in [4.78, 5) is 24.4. The van der Waals surface area contributed by atoms with E-state index in [9.17, 15) is 9.90 Å². The Bertz CT molecular complexity index is 734. The van der Waals surface area contributed by atoms with Crippen molar-refractivity contribution in [3.63, 3.8) is 0 Å². The zero-order valence-corrected chi connectivity index (χ0v) is 13.6. The molecule has 2 aromatic rings. The highest BCUT2D eigenvalue weighted by atomic mass is 16.3. The van der Waals surface area contributed by atoms with Crippen LogP contribution < -0.4 is 4.90 Å². The van der Waals surface area contributed by atoms with E-state index in [2.05, 4.69) is 14.9 Å². The van der Waals surface area contributed by atoms with Gasteiger partial charge in [-0.2, -0.15) is 0 Å². The Morgan fingerprint density at radius 3 is 2.79 bits per heavy atom. The van der Waals surface area contributed by atoms with Gasteiger partial charge in [-0.1, -0.05) is 12.1 Å². The molecule has 1 aromatic carbocycles. The van der Waals surface area contributed by atoms with Crippen molar-refractivity contribution in [1.29, 1.82) is 0 Å². The minimum absolute atomic E-state index is 0.0645. The van der Waals surface area contributed by atoms with Crippen LogP contribution >= 0.6 is 0 Å². The number of anilines is 1. The Balaban J connectivity index is 1.38. The maximum absolute atomic E-state index is 12.8. The fourth-order valence-corrected chi connectivity index (χ4v) is 3.77. The molecule has 1 atom stereocenters. The second kappa shape index (κ2) is 6.19. The second-order valence-electron chi connectivity index (χ2n) is 6.57. The molecule has 0 spiro atoms. The molecule has 6 heteroatoms. The van der Waals surface area contributed by atoms with Crippen LogP contribution in [-0.4, -0.2) is 52.1 Å². The first-order chi connectivity index (χ1) is 11.7. The van der Waals surface area contributed by atoms with Crippen LogP contribution in [0.1, 0.15) is 17.8 Å². The maximum atomic E-state index is 12.8. The number of piperazine rings is 1. The van der Waals surface area contributed by atoms with Crippen LogP contribution in [-0.2, 0) is 17.6 Å². The van der Waals surface area contributed by atoms with E-state index in [0.717, 1.165) is 49.4 Å². The summed E-state index contributed by atoms with van der Waals surface area (Å²) in [6.45, 7) is 2.93. The van der Waals surface area contributed by atoms with Crippen LogP contribution in [0.25, 0.3) is 0 Å². The van der Waals surface area contributed by atoms with Crippen LogP contribution in [0.5, 0.6) is 5.75 Å². The van der Waals surface area contributed by atoms with Crippen molar-refractivity contribution in [2.75, 3.05) is 31.1 Å². The molecule has 1 amide bonds. The van der Waals surface area contributed by atoms with Crippen LogP contribution in [0.3, 0.4) is 0 Å². The number of benzene rings is 1. The predicted molar refractivity (Wildman–Crippen MR) is 91.0 cm³/mol. The molecule has 1 aliphatic carbocycles. The van der Waals surface area contributed by atoms with E-state index in [0.29, 0.717) is 18.8 Å². The molecule has 1 aromatic heterocycles. The zero-order valence-electron chi connectivity index (χ0n) is 13.6. The van der Waals surface area contributed by atoms with Gasteiger partial charge in [0.25, 0.3) is 0 Å². The SMILES string of the molecule is O=C(C1CCc2nc[nH]c2C1)N1CCN(c2ccccc2O)CC1. The average Bonchev–Trinajstić information content (AvgIpc) is 3.09. The highest BCUT2D eigenvalue weighted by Gasteiger charge is 2.31. The number of nitrogens with one attached hydrogen (secondary N) is 1. The molecule has 2 N–H and O–H groups in total. The molecule has 1 unspecified atom stereocenters. The lowest BCUT2D eigenvalue weighted by Gasteiger charge is -2.38. The summed E-state index contributed by atoms with van der Waals surface area (Å²) in [7, 11) is 0. The number of nitrogens with zero attached hydrogens (tertiary/aromatic N) is 3. The Morgan fingerprint density at radius 2 is 2.00 bits per heavy atom. The first-order valence-corrected chi connectivity index (χ1v) is 8.55. The van der Waals surface area contributed by atoms with Gasteiger partial charge in [-0.25, -0.2) is 4.98 Å². The molecule has 0 radical (unpaired) electrons. The summed E-state index contributed by atoms with van der Waals surface area (Å²) in [5.41, 5.74) is 3.08. The molecule has 126 valence electrons. The van der Waals surface area contributed by atoms with Crippen molar-refractivity contribution in [2.24, 2.45) is 5.92 Å². The second-order valence-corrected chi connectivity index (χ2v) is 6.57. The van der Waals surface area contributed by atoms with Crippen LogP contribution in [0.2, 0.25) is 0 Å². The minimum atomic E-state index is 0.0645. The van der Waals surface area contributed by atoms with Gasteiger partial charge < -0.3 is 19.9 Å². The van der Waals surface area contributed by atoms with Crippen LogP contribution in [0.4, 0.5) is 5.69 Å². The van der Waals surface area contributed by atoms with E-state index in [4.69, 9.17) is 0 Å². The van der Waals surface area contributed by atoms with E-state index in [1.54, 1.807) is 12.4 Å². The van der Waals surface area contributed by atoms with Gasteiger partial charge in [0, 0.05) is 44.2 Å². The molecular weight excluding hydrogens is 304 g/mol. The van der Waals surface area contributed by atoms with E-state index >= 15 is 0 Å². The number of fused-ring (bicyclic) bond motifs is 1. The number of hydrogen-bond donors (Lipinski definition) is 2. The number of carbonyl (C=O) groups is 1. The van der Waals surface area contributed by atoms with E-state index in [-0.39, 0.29) is 11.8 Å². The van der Waals surface area contributed by atoms with Crippen molar-refractivity contribution in [1.82, 2.24) is 14.9 Å². The van der Waals surface area contributed by atoms with Gasteiger partial charge in [-0.3, -0.25) is 4.79 Å². The lowest BCUT2D eigenvalue weighted by molar-refractivity contribution is -0.136. The number of aryl methyl sites for hydroxylation is 1. The van der Waals surface area contributed by atoms with Gasteiger partial charge in [0.1, 0.15) is 5.75 Å². The number of aromatic hydroxyl groups is 1. The summed E-state index contributed by atoms with van der Waals surface area (Å²) in [6, 6.07) is 7.38. The third-order valence-electron chi connectivity index (χ3n) is 5.15. The first kappa shape index (κ1) is 15.1. The predicted octanol–water partition coefficient (Wildman–Crippen LogP) is 1.57. The highest BCUT2D eigenvalue weighted by molar-refractivity contribution is 5.79. The van der Waals surface area contributed by atoms with E-state index in [1.165, 1.54) is 0 Å². The molecular formula is C18H22N4O2. The van der Waals surface area contributed by atoms with Gasteiger partial charge in [0.2, 0.25) is 5.91 Å². The molecule has 2 aliphatic rings. The molecule has 1 aliphatic heterocycles. The van der Waals surface area contributed by atoms with Gasteiger partial charge >= 0.3 is 0 Å². The van der Waals surface area contributed by atoms with Gasteiger partial charge in [-0.15, -0.1) is 0 Å². The molecule has 2 heterocycles. The topological polar surface area (TPSA) is 72.5 Å². The summed E-state index contributed by atoms with van der Waals surface area (Å²) in [5, 5.41) is 9.98. The molecule has 24 heavy (non-hydrogen) atoms. The number of H-pyrrole nitrogens is 1. The Hall–Kier alpha value is -2.50. The lowest BCUT2D eigenvalue weighted by atomic mass is 9.88. The van der Waals surface area contributed by atoms with Crippen molar-refractivity contribution in [3.8, 4) is 5.75 Å². The standard InChI is InChI=1S/C18H22N4O2/c23-17-4-2-1-3-16(17)21-7-9-22(10-8-21)18(24)13-5-6-14-15(11-13)20-12-19-14/h1-4,12-13,23H,5-11H2,(H,19,20). The molecule has 4 rings (SSSR count). The Labute approximate surface area is 141 Å². The third kappa shape index (κ3) is 2.72. The number of aromatic nitrogens is 2. The Morgan fingerprint density at radius 1 is 1.21 bits per heavy atom. The number of carbonyl (C=O) groups excluding carboxylic acids is 1. The molecule has 1 fully saturated rings. The van der Waals surface area contributed by atoms with Gasteiger partial charge in [-0.05, 0) is 25.0 Å². The molecule has 0 saturated carbocycles. The van der Waals surface area contributed by atoms with Gasteiger partial charge in [0.05, 0.1) is 17.7 Å². The van der Waals surface area contributed by atoms with Crippen molar-refractivity contribution >= 4 is 11.6 Å². The van der Waals surface area contributed by atoms with E-state index in [1.807, 2.05) is 23.1 Å². The number of rotatable bonds is 2. The fourth-order valence-electron chi connectivity index (χ4n) is 3.77. The Kier molecular flexibility index (Phi) is 3.88. The number of hydrogen-bond acceptors (Lipinski definition) is 4. The lowest BCUT2D eigenvalue weighted by Crippen LogP contribution is -2.51. The highest BCUT2D eigenvalue weighted by Crippen LogP contribution is 2.28. The van der Waals surface area contributed by atoms with Crippen molar-refractivity contribution in [3.05, 3.63) is 42.0 Å². The van der Waals surface area contributed by atoms with Crippen molar-refractivity contribution in [2.45, 2.75) is 19.3 Å².